The van der Waals surface area contributed by atoms with Crippen LogP contribution in [0.1, 0.15) is 29.2 Å². The first-order chi connectivity index (χ1) is 15.4. The fourth-order valence-electron chi connectivity index (χ4n) is 3.87. The van der Waals surface area contributed by atoms with Crippen LogP contribution in [0.4, 0.5) is 17.6 Å². The molecular weight excluding hydrogens is 414 g/mol. The van der Waals surface area contributed by atoms with Gasteiger partial charge in [0.15, 0.2) is 0 Å². The summed E-state index contributed by atoms with van der Waals surface area (Å²) in [5, 5.41) is 9.80. The number of nitrogens with zero attached hydrogens (tertiary/aromatic N) is 1. The average Bonchev–Trinajstić information content (AvgIpc) is 2.78. The number of benzene rings is 4. The van der Waals surface area contributed by atoms with Crippen molar-refractivity contribution in [2.75, 3.05) is 0 Å². The highest BCUT2D eigenvalue weighted by Crippen LogP contribution is 2.30. The summed E-state index contributed by atoms with van der Waals surface area (Å²) in [6, 6.07) is 17.3. The van der Waals surface area contributed by atoms with E-state index in [1.165, 1.54) is 12.1 Å². The van der Waals surface area contributed by atoms with E-state index >= 15 is 4.39 Å². The van der Waals surface area contributed by atoms with Gasteiger partial charge >= 0.3 is 0 Å². The van der Waals surface area contributed by atoms with E-state index in [-0.39, 0.29) is 18.7 Å². The number of halogens is 4. The molecule has 4 aromatic carbocycles. The van der Waals surface area contributed by atoms with Crippen LogP contribution in [0, 0.1) is 34.6 Å². The molecule has 0 spiro atoms. The van der Waals surface area contributed by atoms with Crippen LogP contribution in [0.2, 0.25) is 0 Å². The Morgan fingerprint density at radius 1 is 0.750 bits per heavy atom. The summed E-state index contributed by atoms with van der Waals surface area (Å²) >= 11 is 0. The van der Waals surface area contributed by atoms with Gasteiger partial charge in [-0.05, 0) is 71.2 Å². The summed E-state index contributed by atoms with van der Waals surface area (Å²) in [7, 11) is 0. The minimum atomic E-state index is -0.923. The highest BCUT2D eigenvalue weighted by atomic mass is 19.1. The molecule has 0 fully saturated rings. The number of hydrogen-bond acceptors (Lipinski definition) is 1. The number of rotatable bonds is 5. The van der Waals surface area contributed by atoms with E-state index in [0.29, 0.717) is 33.0 Å². The van der Waals surface area contributed by atoms with Crippen molar-refractivity contribution in [3.05, 3.63) is 106 Å². The fraction of sp³-hybridized carbons (Fsp3) is 0.148. The molecule has 0 radical (unpaired) electrons. The van der Waals surface area contributed by atoms with Crippen molar-refractivity contribution in [1.29, 1.82) is 5.26 Å². The van der Waals surface area contributed by atoms with Gasteiger partial charge < -0.3 is 0 Å². The van der Waals surface area contributed by atoms with Crippen molar-refractivity contribution < 1.29 is 17.6 Å². The van der Waals surface area contributed by atoms with E-state index in [4.69, 9.17) is 5.26 Å². The lowest BCUT2D eigenvalue weighted by Crippen LogP contribution is -1.99. The first-order valence-electron chi connectivity index (χ1n) is 10.3. The smallest absolute Gasteiger partial charge is 0.144 e. The maximum Gasteiger partial charge on any atom is 0.144 e. The second kappa shape index (κ2) is 8.84. The van der Waals surface area contributed by atoms with Gasteiger partial charge in [-0.1, -0.05) is 43.3 Å². The van der Waals surface area contributed by atoms with Gasteiger partial charge in [-0.25, -0.2) is 17.6 Å². The normalized spacial score (nSPS) is 11.0. The Morgan fingerprint density at radius 2 is 1.47 bits per heavy atom. The van der Waals surface area contributed by atoms with Crippen molar-refractivity contribution in [3.63, 3.8) is 0 Å². The minimum absolute atomic E-state index is 0.217. The van der Waals surface area contributed by atoms with Gasteiger partial charge in [-0.3, -0.25) is 0 Å². The molecule has 0 heterocycles. The molecule has 0 unspecified atom stereocenters. The second-order valence-electron chi connectivity index (χ2n) is 7.69. The summed E-state index contributed by atoms with van der Waals surface area (Å²) < 4.78 is 57.2. The van der Waals surface area contributed by atoms with Crippen LogP contribution in [0.3, 0.4) is 0 Å². The SMILES string of the molecule is CCc1ccc(-c2ccc3c(F)c(CCc4cc(F)c(C#N)c(F)c4)ccc3c2)c(F)c1. The molecule has 4 aromatic rings. The summed E-state index contributed by atoms with van der Waals surface area (Å²) in [6.07, 6.45) is 1.20. The van der Waals surface area contributed by atoms with Crippen molar-refractivity contribution in [2.24, 2.45) is 0 Å². The summed E-state index contributed by atoms with van der Waals surface area (Å²) in [5.41, 5.74) is 2.16. The molecule has 0 saturated heterocycles. The molecule has 0 aromatic heterocycles. The molecule has 160 valence electrons. The van der Waals surface area contributed by atoms with E-state index in [1.807, 2.05) is 13.0 Å². The number of nitriles is 1. The molecule has 0 atom stereocenters. The third kappa shape index (κ3) is 4.09. The fourth-order valence-corrected chi connectivity index (χ4v) is 3.87. The Labute approximate surface area is 183 Å². The first-order valence-corrected chi connectivity index (χ1v) is 10.3. The van der Waals surface area contributed by atoms with Crippen molar-refractivity contribution in [1.82, 2.24) is 0 Å². The zero-order valence-electron chi connectivity index (χ0n) is 17.4. The van der Waals surface area contributed by atoms with Gasteiger partial charge in [0.1, 0.15) is 34.9 Å². The third-order valence-corrected chi connectivity index (χ3v) is 5.68. The van der Waals surface area contributed by atoms with Crippen molar-refractivity contribution in [3.8, 4) is 17.2 Å². The lowest BCUT2D eigenvalue weighted by molar-refractivity contribution is 0.572. The van der Waals surface area contributed by atoms with E-state index in [2.05, 4.69) is 0 Å². The zero-order chi connectivity index (χ0) is 22.8. The Hall–Kier alpha value is -3.65. The van der Waals surface area contributed by atoms with Gasteiger partial charge in [-0.2, -0.15) is 5.26 Å². The van der Waals surface area contributed by atoms with Crippen LogP contribution < -0.4 is 0 Å². The van der Waals surface area contributed by atoms with E-state index < -0.39 is 23.0 Å². The lowest BCUT2D eigenvalue weighted by atomic mass is 9.96. The Kier molecular flexibility index (Phi) is 5.96. The van der Waals surface area contributed by atoms with Crippen LogP contribution in [0.15, 0.2) is 60.7 Å². The van der Waals surface area contributed by atoms with Crippen LogP contribution in [0.25, 0.3) is 21.9 Å². The van der Waals surface area contributed by atoms with Gasteiger partial charge in [0.05, 0.1) is 0 Å². The molecule has 1 nitrogen and oxygen atoms in total. The zero-order valence-corrected chi connectivity index (χ0v) is 17.4. The molecule has 32 heavy (non-hydrogen) atoms. The third-order valence-electron chi connectivity index (χ3n) is 5.68. The maximum atomic E-state index is 15.1. The number of aryl methyl sites for hydroxylation is 3. The highest BCUT2D eigenvalue weighted by Gasteiger charge is 2.13. The second-order valence-corrected chi connectivity index (χ2v) is 7.69. The molecular formula is C27H19F4N. The van der Waals surface area contributed by atoms with Crippen LogP contribution in [-0.2, 0) is 19.3 Å². The van der Waals surface area contributed by atoms with E-state index in [0.717, 1.165) is 24.1 Å². The van der Waals surface area contributed by atoms with Gasteiger partial charge in [0.2, 0.25) is 0 Å². The molecule has 0 bridgehead atoms. The standard InChI is InChI=1S/C27H19F4N/c1-2-16-4-9-21(24(28)11-16)19-8-10-22-20(14-19)7-6-18(27(22)31)5-3-17-12-25(29)23(15-32)26(30)13-17/h4,6-14H,2-3,5H2,1H3. The molecule has 0 aliphatic rings. The molecule has 0 N–H and O–H groups in total. The number of hydrogen-bond donors (Lipinski definition) is 0. The predicted molar refractivity (Wildman–Crippen MR) is 117 cm³/mol. The Bertz CT molecular complexity index is 1350. The Balaban J connectivity index is 1.61. The number of fused-ring (bicyclic) bond motifs is 1. The monoisotopic (exact) mass is 433 g/mol. The molecule has 0 saturated carbocycles. The molecule has 5 heteroatoms. The molecule has 0 aliphatic carbocycles. The van der Waals surface area contributed by atoms with Gasteiger partial charge in [0, 0.05) is 10.9 Å². The van der Waals surface area contributed by atoms with E-state index in [9.17, 15) is 13.2 Å². The minimum Gasteiger partial charge on any atom is -0.206 e. The Morgan fingerprint density at radius 3 is 2.12 bits per heavy atom. The van der Waals surface area contributed by atoms with E-state index in [1.54, 1.807) is 36.4 Å². The quantitative estimate of drug-likeness (QED) is 0.303. The van der Waals surface area contributed by atoms with Gasteiger partial charge in [-0.15, -0.1) is 0 Å². The summed E-state index contributed by atoms with van der Waals surface area (Å²) in [5.74, 6) is -2.57. The van der Waals surface area contributed by atoms with Crippen molar-refractivity contribution in [2.45, 2.75) is 26.2 Å². The predicted octanol–water partition coefficient (Wildman–Crippen LogP) is 7.28. The highest BCUT2D eigenvalue weighted by molar-refractivity contribution is 5.88. The molecule has 0 amide bonds. The molecule has 0 aliphatic heterocycles. The van der Waals surface area contributed by atoms with Crippen molar-refractivity contribution >= 4 is 10.8 Å². The molecule has 4 rings (SSSR count). The lowest BCUT2D eigenvalue weighted by Gasteiger charge is -2.10. The van der Waals surface area contributed by atoms with Gasteiger partial charge in [0.25, 0.3) is 0 Å². The van der Waals surface area contributed by atoms with Crippen LogP contribution in [-0.4, -0.2) is 0 Å². The van der Waals surface area contributed by atoms with Crippen LogP contribution in [0.5, 0.6) is 0 Å². The first kappa shape index (κ1) is 21.6. The largest absolute Gasteiger partial charge is 0.206 e. The average molecular weight is 433 g/mol. The summed E-state index contributed by atoms with van der Waals surface area (Å²) in [6.45, 7) is 1.96. The maximum absolute atomic E-state index is 15.1. The van der Waals surface area contributed by atoms with Crippen LogP contribution >= 0.6 is 0 Å². The summed E-state index contributed by atoms with van der Waals surface area (Å²) in [4.78, 5) is 0. The topological polar surface area (TPSA) is 23.8 Å².